The van der Waals surface area contributed by atoms with E-state index in [0.29, 0.717) is 0 Å². The molecule has 0 fully saturated rings. The molecule has 1 heterocycles. The summed E-state index contributed by atoms with van der Waals surface area (Å²) in [5.41, 5.74) is 2.64. The van der Waals surface area contributed by atoms with Crippen LogP contribution in [0.15, 0.2) is 29.2 Å². The Hall–Kier alpha value is -0.890. The zero-order valence-corrected chi connectivity index (χ0v) is 8.98. The normalized spacial score (nSPS) is 11.0. The van der Waals surface area contributed by atoms with Crippen molar-refractivity contribution in [1.29, 1.82) is 0 Å². The first-order valence-electron chi connectivity index (χ1n) is 4.32. The number of benzene rings is 1. The van der Waals surface area contributed by atoms with E-state index in [2.05, 4.69) is 49.1 Å². The van der Waals surface area contributed by atoms with Gasteiger partial charge in [0.2, 0.25) is 0 Å². The van der Waals surface area contributed by atoms with Crippen LogP contribution in [0.4, 0.5) is 0 Å². The predicted octanol–water partition coefficient (Wildman–Crippen LogP) is 3.21. The van der Waals surface area contributed by atoms with E-state index < -0.39 is 0 Å². The molecule has 1 aromatic carbocycles. The zero-order valence-electron chi connectivity index (χ0n) is 8.16. The van der Waals surface area contributed by atoms with Crippen LogP contribution in [0.1, 0.15) is 5.69 Å². The van der Waals surface area contributed by atoms with Crippen LogP contribution in [0.25, 0.3) is 10.9 Å². The minimum Gasteiger partial charge on any atom is -0.348 e. The zero-order chi connectivity index (χ0) is 9.42. The van der Waals surface area contributed by atoms with E-state index in [0.717, 1.165) is 0 Å². The maximum Gasteiger partial charge on any atom is 0.0491 e. The maximum atomic E-state index is 2.24. The fourth-order valence-electron chi connectivity index (χ4n) is 1.57. The van der Waals surface area contributed by atoms with E-state index in [1.807, 2.05) is 0 Å². The number of hydrogen-bond donors (Lipinski definition) is 0. The second-order valence-electron chi connectivity index (χ2n) is 3.27. The first-order chi connectivity index (χ1) is 6.22. The molecule has 0 aliphatic carbocycles. The van der Waals surface area contributed by atoms with Gasteiger partial charge in [-0.15, -0.1) is 11.8 Å². The standard InChI is InChI=1S/C11H13NS/c1-8-6-9-4-5-10(13-3)7-11(9)12(8)2/h4-7H,1-3H3. The highest BCUT2D eigenvalue weighted by atomic mass is 32.2. The Morgan fingerprint density at radius 2 is 2.00 bits per heavy atom. The van der Waals surface area contributed by atoms with Gasteiger partial charge in [0.1, 0.15) is 0 Å². The topological polar surface area (TPSA) is 4.93 Å². The minimum absolute atomic E-state index is 1.31. The van der Waals surface area contributed by atoms with E-state index in [1.54, 1.807) is 11.8 Å². The van der Waals surface area contributed by atoms with Crippen molar-refractivity contribution in [2.24, 2.45) is 7.05 Å². The van der Waals surface area contributed by atoms with Crippen LogP contribution >= 0.6 is 11.8 Å². The number of fused-ring (bicyclic) bond motifs is 1. The number of aryl methyl sites for hydroxylation is 2. The molecule has 13 heavy (non-hydrogen) atoms. The molecule has 0 aliphatic rings. The van der Waals surface area contributed by atoms with Crippen LogP contribution < -0.4 is 0 Å². The van der Waals surface area contributed by atoms with Gasteiger partial charge in [0.15, 0.2) is 0 Å². The van der Waals surface area contributed by atoms with Crippen molar-refractivity contribution in [3.63, 3.8) is 0 Å². The quantitative estimate of drug-likeness (QED) is 0.627. The van der Waals surface area contributed by atoms with Gasteiger partial charge in [-0.25, -0.2) is 0 Å². The van der Waals surface area contributed by atoms with Crippen molar-refractivity contribution in [2.75, 3.05) is 6.26 Å². The average molecular weight is 191 g/mol. The molecular weight excluding hydrogens is 178 g/mol. The third-order valence-corrected chi connectivity index (χ3v) is 3.22. The lowest BCUT2D eigenvalue weighted by Gasteiger charge is -2.00. The molecule has 2 aromatic rings. The smallest absolute Gasteiger partial charge is 0.0491 e. The number of thioether (sulfide) groups is 1. The minimum atomic E-state index is 1.31. The summed E-state index contributed by atoms with van der Waals surface area (Å²) in [7, 11) is 2.11. The van der Waals surface area contributed by atoms with Gasteiger partial charge in [0.05, 0.1) is 0 Å². The molecule has 0 N–H and O–H groups in total. The third-order valence-electron chi connectivity index (χ3n) is 2.49. The van der Waals surface area contributed by atoms with E-state index in [4.69, 9.17) is 0 Å². The number of rotatable bonds is 1. The largest absolute Gasteiger partial charge is 0.348 e. The highest BCUT2D eigenvalue weighted by Crippen LogP contribution is 2.23. The summed E-state index contributed by atoms with van der Waals surface area (Å²) in [5, 5.41) is 1.33. The molecule has 0 bridgehead atoms. The number of nitrogens with zero attached hydrogens (tertiary/aromatic N) is 1. The Kier molecular flexibility index (Phi) is 2.08. The van der Waals surface area contributed by atoms with Crippen LogP contribution in [-0.2, 0) is 7.05 Å². The Bertz CT molecular complexity index is 443. The summed E-state index contributed by atoms with van der Waals surface area (Å²) in [6, 6.07) is 8.83. The number of hydrogen-bond acceptors (Lipinski definition) is 1. The van der Waals surface area contributed by atoms with E-state index >= 15 is 0 Å². The van der Waals surface area contributed by atoms with Crippen LogP contribution in [-0.4, -0.2) is 10.8 Å². The third kappa shape index (κ3) is 1.35. The van der Waals surface area contributed by atoms with Crippen molar-refractivity contribution >= 4 is 22.7 Å². The molecule has 68 valence electrons. The van der Waals surface area contributed by atoms with Crippen molar-refractivity contribution in [1.82, 2.24) is 4.57 Å². The summed E-state index contributed by atoms with van der Waals surface area (Å²) in [4.78, 5) is 1.33. The van der Waals surface area contributed by atoms with Gasteiger partial charge in [-0.1, -0.05) is 6.07 Å². The summed E-state index contributed by atoms with van der Waals surface area (Å²) in [6.07, 6.45) is 2.11. The van der Waals surface area contributed by atoms with Crippen LogP contribution in [0.2, 0.25) is 0 Å². The van der Waals surface area contributed by atoms with Gasteiger partial charge in [-0.2, -0.15) is 0 Å². The summed E-state index contributed by atoms with van der Waals surface area (Å²) < 4.78 is 2.23. The van der Waals surface area contributed by atoms with E-state index in [1.165, 1.54) is 21.5 Å². The lowest BCUT2D eigenvalue weighted by atomic mass is 10.2. The molecule has 0 unspecified atom stereocenters. The summed E-state index contributed by atoms with van der Waals surface area (Å²) in [5.74, 6) is 0. The van der Waals surface area contributed by atoms with Gasteiger partial charge in [0, 0.05) is 23.2 Å². The van der Waals surface area contributed by atoms with Crippen LogP contribution in [0, 0.1) is 6.92 Å². The second-order valence-corrected chi connectivity index (χ2v) is 4.15. The molecule has 2 heteroatoms. The van der Waals surface area contributed by atoms with Crippen molar-refractivity contribution < 1.29 is 0 Å². The molecule has 0 spiro atoms. The molecule has 0 radical (unpaired) electrons. The summed E-state index contributed by atoms with van der Waals surface area (Å²) in [6.45, 7) is 2.14. The lowest BCUT2D eigenvalue weighted by molar-refractivity contribution is 0.917. The number of aromatic nitrogens is 1. The Morgan fingerprint density at radius 1 is 1.23 bits per heavy atom. The Labute approximate surface area is 82.8 Å². The SMILES string of the molecule is CSc1ccc2cc(C)n(C)c2c1. The highest BCUT2D eigenvalue weighted by Gasteiger charge is 2.01. The molecule has 1 aromatic heterocycles. The molecule has 0 aliphatic heterocycles. The first-order valence-corrected chi connectivity index (χ1v) is 5.55. The monoisotopic (exact) mass is 191 g/mol. The predicted molar refractivity (Wildman–Crippen MR) is 59.4 cm³/mol. The Balaban J connectivity index is 2.75. The van der Waals surface area contributed by atoms with Gasteiger partial charge < -0.3 is 4.57 Å². The Morgan fingerprint density at radius 3 is 2.69 bits per heavy atom. The summed E-state index contributed by atoms with van der Waals surface area (Å²) >= 11 is 1.79. The van der Waals surface area contributed by atoms with E-state index in [-0.39, 0.29) is 0 Å². The molecule has 0 atom stereocenters. The van der Waals surface area contributed by atoms with Gasteiger partial charge >= 0.3 is 0 Å². The lowest BCUT2D eigenvalue weighted by Crippen LogP contribution is -1.88. The molecule has 0 saturated heterocycles. The fourth-order valence-corrected chi connectivity index (χ4v) is 2.01. The van der Waals surface area contributed by atoms with Crippen molar-refractivity contribution in [3.05, 3.63) is 30.0 Å². The van der Waals surface area contributed by atoms with Crippen LogP contribution in [0.3, 0.4) is 0 Å². The second kappa shape index (κ2) is 3.11. The first kappa shape index (κ1) is 8.70. The van der Waals surface area contributed by atoms with Gasteiger partial charge in [0.25, 0.3) is 0 Å². The van der Waals surface area contributed by atoms with Crippen molar-refractivity contribution in [3.8, 4) is 0 Å². The average Bonchev–Trinajstić information content (AvgIpc) is 2.43. The maximum absolute atomic E-state index is 2.24. The molecule has 0 saturated carbocycles. The van der Waals surface area contributed by atoms with Gasteiger partial charge in [-0.05, 0) is 36.8 Å². The fraction of sp³-hybridized carbons (Fsp3) is 0.273. The molecule has 0 amide bonds. The van der Waals surface area contributed by atoms with Gasteiger partial charge in [-0.3, -0.25) is 0 Å². The molecule has 1 nitrogen and oxygen atoms in total. The molecular formula is C11H13NS. The molecule has 2 rings (SSSR count). The van der Waals surface area contributed by atoms with Crippen molar-refractivity contribution in [2.45, 2.75) is 11.8 Å². The van der Waals surface area contributed by atoms with E-state index in [9.17, 15) is 0 Å². The van der Waals surface area contributed by atoms with Crippen LogP contribution in [0.5, 0.6) is 0 Å². The highest BCUT2D eigenvalue weighted by molar-refractivity contribution is 7.98.